The Morgan fingerprint density at radius 3 is 2.38 bits per heavy atom. The van der Waals surface area contributed by atoms with E-state index in [9.17, 15) is 14.9 Å². The minimum absolute atomic E-state index is 0.0399. The lowest BCUT2D eigenvalue weighted by Gasteiger charge is -2.21. The van der Waals surface area contributed by atoms with Gasteiger partial charge in [0.2, 0.25) is 0 Å². The molecule has 2 aromatic rings. The third kappa shape index (κ3) is 3.52. The molecule has 134 valence electrons. The van der Waals surface area contributed by atoms with Gasteiger partial charge in [0.25, 0.3) is 5.69 Å². The largest absolute Gasteiger partial charge is 0.372 e. The van der Waals surface area contributed by atoms with Crippen LogP contribution in [0.3, 0.4) is 0 Å². The van der Waals surface area contributed by atoms with Crippen molar-refractivity contribution in [1.82, 2.24) is 0 Å². The Morgan fingerprint density at radius 2 is 1.77 bits per heavy atom. The van der Waals surface area contributed by atoms with Crippen LogP contribution in [0, 0.1) is 10.1 Å². The van der Waals surface area contributed by atoms with Crippen LogP contribution in [0.4, 0.5) is 11.4 Å². The molecular weight excluding hydrogens is 328 g/mol. The van der Waals surface area contributed by atoms with Crippen LogP contribution in [-0.4, -0.2) is 23.8 Å². The molecule has 0 atom stereocenters. The predicted octanol–water partition coefficient (Wildman–Crippen LogP) is 4.65. The first-order valence-corrected chi connectivity index (χ1v) is 8.91. The molecular formula is C21H22N2O3. The van der Waals surface area contributed by atoms with Crippen molar-refractivity contribution in [3.8, 4) is 0 Å². The normalized spacial score (nSPS) is 15.0. The average Bonchev–Trinajstić information content (AvgIpc) is 2.66. The molecule has 0 amide bonds. The van der Waals surface area contributed by atoms with Crippen molar-refractivity contribution in [1.29, 1.82) is 0 Å². The third-order valence-electron chi connectivity index (χ3n) is 4.87. The second-order valence-electron chi connectivity index (χ2n) is 6.36. The Labute approximate surface area is 153 Å². The lowest BCUT2D eigenvalue weighted by atomic mass is 9.85. The molecule has 3 rings (SSSR count). The van der Waals surface area contributed by atoms with Crippen LogP contribution in [0.5, 0.6) is 0 Å². The minimum atomic E-state index is -0.461. The quantitative estimate of drug-likeness (QED) is 0.447. The second kappa shape index (κ2) is 7.52. The highest BCUT2D eigenvalue weighted by atomic mass is 16.6. The molecule has 0 saturated carbocycles. The number of nitro groups is 1. The molecule has 0 fully saturated rings. The first kappa shape index (κ1) is 17.9. The fraction of sp³-hybridized carbons (Fsp3) is 0.286. The molecule has 1 aliphatic carbocycles. The molecule has 0 unspecified atom stereocenters. The van der Waals surface area contributed by atoms with Crippen molar-refractivity contribution in [3.05, 3.63) is 74.8 Å². The zero-order valence-electron chi connectivity index (χ0n) is 15.1. The number of fused-ring (bicyclic) bond motifs is 1. The molecule has 0 bridgehead atoms. The van der Waals surface area contributed by atoms with Gasteiger partial charge in [0.05, 0.1) is 4.92 Å². The summed E-state index contributed by atoms with van der Waals surface area (Å²) in [5.74, 6) is -0.109. The summed E-state index contributed by atoms with van der Waals surface area (Å²) >= 11 is 0. The third-order valence-corrected chi connectivity index (χ3v) is 4.87. The van der Waals surface area contributed by atoms with Crippen LogP contribution in [0.1, 0.15) is 41.8 Å². The van der Waals surface area contributed by atoms with Crippen LogP contribution in [0.2, 0.25) is 0 Å². The van der Waals surface area contributed by atoms with Gasteiger partial charge in [0.15, 0.2) is 5.78 Å². The summed E-state index contributed by atoms with van der Waals surface area (Å²) in [7, 11) is 0. The topological polar surface area (TPSA) is 63.4 Å². The van der Waals surface area contributed by atoms with Gasteiger partial charge in [-0.2, -0.15) is 0 Å². The fourth-order valence-electron chi connectivity index (χ4n) is 3.37. The number of nitrogens with zero attached hydrogens (tertiary/aromatic N) is 2. The highest BCUT2D eigenvalue weighted by molar-refractivity contribution is 6.13. The monoisotopic (exact) mass is 350 g/mol. The Hall–Kier alpha value is -2.95. The standard InChI is InChI=1S/C21H22N2O3/c1-3-22(4-2)18-10-5-15(6-11-18)13-17-8-7-16-9-12-19(23(25)26)14-20(16)21(17)24/h5-6,9-14H,3-4,7-8H2,1-2H3/b17-13-. The number of nitro benzene ring substituents is 1. The van der Waals surface area contributed by atoms with E-state index in [4.69, 9.17) is 0 Å². The molecule has 0 aromatic heterocycles. The number of rotatable bonds is 5. The number of benzene rings is 2. The van der Waals surface area contributed by atoms with Crippen molar-refractivity contribution in [3.63, 3.8) is 0 Å². The van der Waals surface area contributed by atoms with Crippen LogP contribution in [0.25, 0.3) is 6.08 Å². The fourth-order valence-corrected chi connectivity index (χ4v) is 3.37. The van der Waals surface area contributed by atoms with Gasteiger partial charge in [-0.1, -0.05) is 18.2 Å². The van der Waals surface area contributed by atoms with Crippen LogP contribution < -0.4 is 4.90 Å². The van der Waals surface area contributed by atoms with Crippen molar-refractivity contribution < 1.29 is 9.72 Å². The summed E-state index contributed by atoms with van der Waals surface area (Å²) in [5.41, 5.74) is 4.13. The second-order valence-corrected chi connectivity index (χ2v) is 6.36. The van der Waals surface area contributed by atoms with Gasteiger partial charge in [0.1, 0.15) is 0 Å². The Morgan fingerprint density at radius 1 is 1.08 bits per heavy atom. The highest BCUT2D eigenvalue weighted by Crippen LogP contribution is 2.29. The number of ketones is 1. The number of non-ortho nitro benzene ring substituents is 1. The molecule has 26 heavy (non-hydrogen) atoms. The van der Waals surface area contributed by atoms with Crippen molar-refractivity contribution in [2.75, 3.05) is 18.0 Å². The summed E-state index contributed by atoms with van der Waals surface area (Å²) in [5, 5.41) is 11.0. The number of allylic oxidation sites excluding steroid dienone is 1. The first-order chi connectivity index (χ1) is 12.5. The van der Waals surface area contributed by atoms with E-state index < -0.39 is 4.92 Å². The Balaban J connectivity index is 1.87. The van der Waals surface area contributed by atoms with Crippen molar-refractivity contribution >= 4 is 23.2 Å². The zero-order chi connectivity index (χ0) is 18.7. The molecule has 0 spiro atoms. The maximum absolute atomic E-state index is 12.8. The summed E-state index contributed by atoms with van der Waals surface area (Å²) in [4.78, 5) is 25.5. The van der Waals surface area contributed by atoms with E-state index in [0.717, 1.165) is 36.3 Å². The van der Waals surface area contributed by atoms with E-state index in [0.29, 0.717) is 17.6 Å². The molecule has 0 aliphatic heterocycles. The van der Waals surface area contributed by atoms with Gasteiger partial charge in [-0.05, 0) is 56.0 Å². The summed E-state index contributed by atoms with van der Waals surface area (Å²) < 4.78 is 0. The van der Waals surface area contributed by atoms with Crippen molar-refractivity contribution in [2.45, 2.75) is 26.7 Å². The van der Waals surface area contributed by atoms with E-state index in [-0.39, 0.29) is 11.5 Å². The molecule has 2 aromatic carbocycles. The zero-order valence-corrected chi connectivity index (χ0v) is 15.1. The minimum Gasteiger partial charge on any atom is -0.372 e. The lowest BCUT2D eigenvalue weighted by Crippen LogP contribution is -2.21. The van der Waals surface area contributed by atoms with E-state index >= 15 is 0 Å². The SMILES string of the molecule is CCN(CC)c1ccc(/C=C2/CCc3ccc([N+](=O)[O-])cc3C2=O)cc1. The van der Waals surface area contributed by atoms with E-state index in [1.54, 1.807) is 6.07 Å². The molecule has 5 heteroatoms. The molecule has 5 nitrogen and oxygen atoms in total. The first-order valence-electron chi connectivity index (χ1n) is 8.91. The number of hydrogen-bond acceptors (Lipinski definition) is 4. The Kier molecular flexibility index (Phi) is 5.16. The van der Waals surface area contributed by atoms with Crippen LogP contribution in [-0.2, 0) is 6.42 Å². The number of anilines is 1. The van der Waals surface area contributed by atoms with Gasteiger partial charge in [-0.25, -0.2) is 0 Å². The van der Waals surface area contributed by atoms with E-state index in [1.165, 1.54) is 12.1 Å². The van der Waals surface area contributed by atoms with Gasteiger partial charge in [-0.15, -0.1) is 0 Å². The molecule has 0 heterocycles. The summed E-state index contributed by atoms with van der Waals surface area (Å²) in [6.07, 6.45) is 3.28. The van der Waals surface area contributed by atoms with E-state index in [2.05, 4.69) is 30.9 Å². The molecule has 0 saturated heterocycles. The van der Waals surface area contributed by atoms with Crippen LogP contribution in [0.15, 0.2) is 48.0 Å². The number of Topliss-reactive ketones (excluding diaryl/α,β-unsaturated/α-hetero) is 1. The van der Waals surface area contributed by atoms with E-state index in [1.807, 2.05) is 18.2 Å². The van der Waals surface area contributed by atoms with Gasteiger partial charge < -0.3 is 4.90 Å². The lowest BCUT2D eigenvalue weighted by molar-refractivity contribution is -0.384. The number of aryl methyl sites for hydroxylation is 1. The molecule has 0 N–H and O–H groups in total. The maximum Gasteiger partial charge on any atom is 0.270 e. The molecule has 0 radical (unpaired) electrons. The van der Waals surface area contributed by atoms with Gasteiger partial charge >= 0.3 is 0 Å². The number of hydrogen-bond donors (Lipinski definition) is 0. The van der Waals surface area contributed by atoms with Crippen molar-refractivity contribution in [2.24, 2.45) is 0 Å². The Bertz CT molecular complexity index is 865. The van der Waals surface area contributed by atoms with Gasteiger partial charge in [-0.3, -0.25) is 14.9 Å². The predicted molar refractivity (Wildman–Crippen MR) is 104 cm³/mol. The molecule has 1 aliphatic rings. The summed E-state index contributed by atoms with van der Waals surface area (Å²) in [6.45, 7) is 6.14. The highest BCUT2D eigenvalue weighted by Gasteiger charge is 2.24. The summed E-state index contributed by atoms with van der Waals surface area (Å²) in [6, 6.07) is 12.7. The number of carbonyl (C=O) groups excluding carboxylic acids is 1. The van der Waals surface area contributed by atoms with Gasteiger partial charge in [0, 0.05) is 42.0 Å². The number of carbonyl (C=O) groups is 1. The smallest absolute Gasteiger partial charge is 0.270 e. The maximum atomic E-state index is 12.8. The average molecular weight is 350 g/mol. The van der Waals surface area contributed by atoms with Crippen LogP contribution >= 0.6 is 0 Å².